The topological polar surface area (TPSA) is 307 Å². The minimum absolute atomic E-state index is 0.246. The third-order valence-electron chi connectivity index (χ3n) is 21.1. The Morgan fingerprint density at radius 1 is 0.356 bits per heavy atom. The highest BCUT2D eigenvalue weighted by Crippen LogP contribution is 2.33. The number of unbranched alkanes of at least 4 members (excludes halogenated alkanes) is 44. The van der Waals surface area contributed by atoms with Crippen LogP contribution in [0.3, 0.4) is 0 Å². The molecule has 19 nitrogen and oxygen atoms in total. The second kappa shape index (κ2) is 65.2. The van der Waals surface area contributed by atoms with E-state index < -0.39 is 124 Å². The van der Waals surface area contributed by atoms with Crippen molar-refractivity contribution in [3.8, 4) is 0 Å². The minimum atomic E-state index is -1.98. The number of nitrogens with one attached hydrogen (secondary N) is 1. The van der Waals surface area contributed by atoms with Crippen molar-refractivity contribution in [3.05, 3.63) is 60.8 Å². The van der Waals surface area contributed by atoms with Gasteiger partial charge in [-0.25, -0.2) is 0 Å². The van der Waals surface area contributed by atoms with Gasteiger partial charge in [0.25, 0.3) is 0 Å². The van der Waals surface area contributed by atoms with Gasteiger partial charge in [-0.2, -0.15) is 0 Å². The molecule has 104 heavy (non-hydrogen) atoms. The van der Waals surface area contributed by atoms with Gasteiger partial charge in [0.05, 0.1) is 38.6 Å². The fourth-order valence-corrected chi connectivity index (χ4v) is 14.3. The summed E-state index contributed by atoms with van der Waals surface area (Å²) in [5, 5.41) is 121. The Hall–Kier alpha value is -2.51. The maximum Gasteiger partial charge on any atom is 0.220 e. The Morgan fingerprint density at radius 3 is 1.04 bits per heavy atom. The van der Waals surface area contributed by atoms with E-state index in [-0.39, 0.29) is 18.9 Å². The zero-order valence-corrected chi connectivity index (χ0v) is 65.3. The number of rotatable bonds is 68. The van der Waals surface area contributed by atoms with Gasteiger partial charge < -0.3 is 89.9 Å². The molecule has 0 bridgehead atoms. The molecule has 0 saturated carbocycles. The number of aliphatic hydroxyl groups is 11. The van der Waals surface area contributed by atoms with E-state index in [1.54, 1.807) is 6.08 Å². The van der Waals surface area contributed by atoms with E-state index in [1.807, 2.05) is 6.08 Å². The van der Waals surface area contributed by atoms with Crippen molar-refractivity contribution in [1.29, 1.82) is 0 Å². The molecule has 0 aromatic heterocycles. The van der Waals surface area contributed by atoms with Crippen LogP contribution in [0.1, 0.15) is 341 Å². The summed E-state index contributed by atoms with van der Waals surface area (Å²) in [6.45, 7) is 1.67. The van der Waals surface area contributed by atoms with Crippen LogP contribution >= 0.6 is 0 Å². The molecule has 1 amide bonds. The molecule has 0 aliphatic carbocycles. The van der Waals surface area contributed by atoms with Crippen LogP contribution in [0.4, 0.5) is 0 Å². The molecule has 17 unspecified atom stereocenters. The van der Waals surface area contributed by atoms with Crippen LogP contribution in [-0.4, -0.2) is 193 Å². The molecule has 3 rings (SSSR count). The molecule has 3 aliphatic heterocycles. The second-order valence-electron chi connectivity index (χ2n) is 30.3. The summed E-state index contributed by atoms with van der Waals surface area (Å²) in [4.78, 5) is 13.5. The smallest absolute Gasteiger partial charge is 0.220 e. The number of aliphatic hydroxyl groups excluding tert-OH is 11. The van der Waals surface area contributed by atoms with Crippen LogP contribution < -0.4 is 5.32 Å². The van der Waals surface area contributed by atoms with Crippen LogP contribution in [0.15, 0.2) is 60.8 Å². The van der Waals surface area contributed by atoms with E-state index in [0.717, 1.165) is 70.6 Å². The first-order valence-corrected chi connectivity index (χ1v) is 42.5. The average Bonchev–Trinajstić information content (AvgIpc) is 0.783. The van der Waals surface area contributed by atoms with Gasteiger partial charge in [0.1, 0.15) is 73.2 Å². The fraction of sp³-hybridized carbons (Fsp3) is 0.871. The molecular weight excluding hydrogens is 1320 g/mol. The third kappa shape index (κ3) is 44.4. The quantitative estimate of drug-likeness (QED) is 0.0199. The molecule has 0 aromatic rings. The van der Waals surface area contributed by atoms with Gasteiger partial charge in [-0.15, -0.1) is 0 Å². The van der Waals surface area contributed by atoms with Crippen molar-refractivity contribution in [2.45, 2.75) is 446 Å². The summed E-state index contributed by atoms with van der Waals surface area (Å²) in [5.74, 6) is -0.269. The van der Waals surface area contributed by atoms with Crippen LogP contribution in [0.2, 0.25) is 0 Å². The third-order valence-corrected chi connectivity index (χ3v) is 21.1. The molecule has 3 aliphatic rings. The van der Waals surface area contributed by atoms with Gasteiger partial charge in [0, 0.05) is 6.42 Å². The van der Waals surface area contributed by atoms with E-state index in [0.29, 0.717) is 6.42 Å². The average molecular weight is 1480 g/mol. The Morgan fingerprint density at radius 2 is 0.663 bits per heavy atom. The zero-order valence-electron chi connectivity index (χ0n) is 65.3. The predicted octanol–water partition coefficient (Wildman–Crippen LogP) is 15.0. The highest BCUT2D eigenvalue weighted by atomic mass is 16.8. The van der Waals surface area contributed by atoms with Crippen LogP contribution in [0.5, 0.6) is 0 Å². The van der Waals surface area contributed by atoms with E-state index in [1.165, 1.54) is 244 Å². The summed E-state index contributed by atoms with van der Waals surface area (Å²) < 4.78 is 34.5. The molecule has 0 aromatic carbocycles. The van der Waals surface area contributed by atoms with Crippen molar-refractivity contribution < 1.29 is 89.4 Å². The molecule has 19 heteroatoms. The Labute approximate surface area is 630 Å². The lowest BCUT2D eigenvalue weighted by Crippen LogP contribution is -2.66. The van der Waals surface area contributed by atoms with Gasteiger partial charge >= 0.3 is 0 Å². The first kappa shape index (κ1) is 95.7. The molecule has 3 fully saturated rings. The lowest BCUT2D eigenvalue weighted by Gasteiger charge is -2.48. The highest BCUT2D eigenvalue weighted by molar-refractivity contribution is 5.76. The van der Waals surface area contributed by atoms with Crippen LogP contribution in [0.25, 0.3) is 0 Å². The minimum Gasteiger partial charge on any atom is -0.394 e. The van der Waals surface area contributed by atoms with Crippen molar-refractivity contribution in [1.82, 2.24) is 5.32 Å². The normalized spacial score (nSPS) is 26.2. The zero-order chi connectivity index (χ0) is 75.3. The molecule has 17 atom stereocenters. The molecule has 3 saturated heterocycles. The monoisotopic (exact) mass is 1480 g/mol. The standard InChI is InChI=1S/C85H155NO18/c1-3-5-7-9-11-13-15-17-19-21-23-25-27-28-29-30-31-32-33-34-35-36-37-38-39-40-41-43-45-47-49-51-53-55-57-59-61-63-73(91)86-68(69(90)62-60-58-56-54-52-50-48-46-44-42-26-24-22-20-18-16-14-12-10-8-6-4-2)67-99-83-79(97)76(94)81(71(65-88)101-83)104-85-80(98)77(95)82(72(66-89)102-85)103-84-78(96)75(93)74(92)70(64-87)100-84/h5,7,11,13,17,19,23,25,60,62,68-72,74-85,87-90,92-98H,3-4,6,8-10,12,14-16,18,20-22,24,26-59,61,63-67H2,1-2H3,(H,86,91)/b7-5-,13-11-,19-17-,25-23-,62-60+. The fourth-order valence-electron chi connectivity index (χ4n) is 14.3. The molecule has 0 spiro atoms. The van der Waals surface area contributed by atoms with E-state index in [4.69, 9.17) is 28.4 Å². The van der Waals surface area contributed by atoms with E-state index >= 15 is 0 Å². The van der Waals surface area contributed by atoms with Crippen molar-refractivity contribution in [2.24, 2.45) is 0 Å². The number of amides is 1. The largest absolute Gasteiger partial charge is 0.394 e. The van der Waals surface area contributed by atoms with E-state index in [2.05, 4.69) is 67.8 Å². The van der Waals surface area contributed by atoms with Gasteiger partial charge in [0.15, 0.2) is 18.9 Å². The molecule has 608 valence electrons. The first-order valence-electron chi connectivity index (χ1n) is 42.5. The number of carbonyl (C=O) groups excluding carboxylic acids is 1. The molecular formula is C85H155NO18. The van der Waals surface area contributed by atoms with E-state index in [9.17, 15) is 61.0 Å². The van der Waals surface area contributed by atoms with Crippen molar-refractivity contribution in [3.63, 3.8) is 0 Å². The maximum absolute atomic E-state index is 13.5. The first-order chi connectivity index (χ1) is 50.8. The lowest BCUT2D eigenvalue weighted by atomic mass is 9.96. The predicted molar refractivity (Wildman–Crippen MR) is 415 cm³/mol. The lowest BCUT2D eigenvalue weighted by molar-refractivity contribution is -0.379. The van der Waals surface area contributed by atoms with Gasteiger partial charge in [-0.3, -0.25) is 4.79 Å². The molecule has 12 N–H and O–H groups in total. The SMILES string of the molecule is CC/C=C\C/C=C\C/C=C\C/C=C\CCCCCCCCCCCCCCCCCCCCCCCCCCC(=O)NC(COC1OC(CO)C(OC2OC(CO)C(OC3OC(CO)C(O)C(O)C3O)C(O)C2O)C(O)C1O)C(O)/C=C/CCCCCCCCCCCCCCCCCCCCCC. The second-order valence-corrected chi connectivity index (χ2v) is 30.3. The maximum atomic E-state index is 13.5. The molecule has 3 heterocycles. The number of ether oxygens (including phenoxy) is 6. The van der Waals surface area contributed by atoms with Crippen molar-refractivity contribution >= 4 is 5.91 Å². The number of carbonyl (C=O) groups is 1. The van der Waals surface area contributed by atoms with Crippen molar-refractivity contribution in [2.75, 3.05) is 26.4 Å². The summed E-state index contributed by atoms with van der Waals surface area (Å²) in [5.41, 5.74) is 0. The van der Waals surface area contributed by atoms with Crippen LogP contribution in [0, 0.1) is 0 Å². The number of hydrogen-bond donors (Lipinski definition) is 12. The Bertz CT molecular complexity index is 2110. The summed E-state index contributed by atoms with van der Waals surface area (Å²) in [7, 11) is 0. The van der Waals surface area contributed by atoms with Gasteiger partial charge in [-0.1, -0.05) is 338 Å². The summed E-state index contributed by atoms with van der Waals surface area (Å²) >= 11 is 0. The number of allylic oxidation sites excluding steroid dienone is 9. The highest BCUT2D eigenvalue weighted by Gasteiger charge is 2.54. The Balaban J connectivity index is 1.32. The summed E-state index contributed by atoms with van der Waals surface area (Å²) in [6.07, 6.45) is 57.9. The van der Waals surface area contributed by atoms with Gasteiger partial charge in [-0.05, 0) is 57.8 Å². The van der Waals surface area contributed by atoms with Crippen LogP contribution in [-0.2, 0) is 33.2 Å². The Kier molecular flexibility index (Phi) is 60.0. The molecule has 0 radical (unpaired) electrons. The van der Waals surface area contributed by atoms with Gasteiger partial charge in [0.2, 0.25) is 5.91 Å². The number of hydrogen-bond acceptors (Lipinski definition) is 18. The summed E-state index contributed by atoms with van der Waals surface area (Å²) in [6, 6.07) is -0.974.